The monoisotopic (exact) mass is 355 g/mol. The number of aromatic nitrogens is 1. The van der Waals surface area contributed by atoms with E-state index in [0.29, 0.717) is 0 Å². The number of nitrogens with zero attached hydrogens (tertiary/aromatic N) is 3. The van der Waals surface area contributed by atoms with E-state index < -0.39 is 0 Å². The van der Waals surface area contributed by atoms with Gasteiger partial charge in [-0.05, 0) is 47.7 Å². The molecule has 0 radical (unpaired) electrons. The number of hydrogen-bond donors (Lipinski definition) is 0. The lowest BCUT2D eigenvalue weighted by molar-refractivity contribution is -0.130. The lowest BCUT2D eigenvalue weighted by Gasteiger charge is -2.39. The SMILES string of the molecule is CC(=O)N1CCN([C@@H]2c3ccc(Cl)cc3CCc3cccnc32)CC1. The minimum atomic E-state index is 0.139. The molecule has 4 rings (SSSR count). The summed E-state index contributed by atoms with van der Waals surface area (Å²) >= 11 is 6.26. The van der Waals surface area contributed by atoms with Crippen LogP contribution in [-0.2, 0) is 17.6 Å². The van der Waals surface area contributed by atoms with Crippen molar-refractivity contribution in [2.75, 3.05) is 26.2 Å². The molecule has 5 heteroatoms. The van der Waals surface area contributed by atoms with Gasteiger partial charge in [-0.2, -0.15) is 0 Å². The van der Waals surface area contributed by atoms with Gasteiger partial charge < -0.3 is 4.90 Å². The Labute approximate surface area is 153 Å². The van der Waals surface area contributed by atoms with Gasteiger partial charge >= 0.3 is 0 Å². The molecule has 0 N–H and O–H groups in total. The van der Waals surface area contributed by atoms with Gasteiger partial charge in [0, 0.05) is 44.3 Å². The van der Waals surface area contributed by atoms with E-state index >= 15 is 0 Å². The molecular weight excluding hydrogens is 334 g/mol. The molecule has 1 atom stereocenters. The van der Waals surface area contributed by atoms with E-state index in [9.17, 15) is 4.79 Å². The number of pyridine rings is 1. The smallest absolute Gasteiger partial charge is 0.219 e. The second-order valence-electron chi connectivity index (χ2n) is 6.84. The van der Waals surface area contributed by atoms with Crippen LogP contribution in [0.4, 0.5) is 0 Å². The Bertz CT molecular complexity index is 799. The zero-order valence-corrected chi connectivity index (χ0v) is 15.2. The number of rotatable bonds is 1. The van der Waals surface area contributed by atoms with Crippen LogP contribution in [0.15, 0.2) is 36.5 Å². The highest BCUT2D eigenvalue weighted by Gasteiger charge is 2.32. The lowest BCUT2D eigenvalue weighted by atomic mass is 9.96. The van der Waals surface area contributed by atoms with Gasteiger partial charge in [-0.25, -0.2) is 0 Å². The summed E-state index contributed by atoms with van der Waals surface area (Å²) in [5.74, 6) is 0.159. The van der Waals surface area contributed by atoms with Crippen molar-refractivity contribution in [2.24, 2.45) is 0 Å². The first kappa shape index (κ1) is 16.6. The summed E-state index contributed by atoms with van der Waals surface area (Å²) in [6.07, 6.45) is 3.86. The Kier molecular flexibility index (Phi) is 4.48. The fraction of sp³-hybridized carbons (Fsp3) is 0.400. The summed E-state index contributed by atoms with van der Waals surface area (Å²) in [7, 11) is 0. The van der Waals surface area contributed by atoms with Crippen molar-refractivity contribution in [1.29, 1.82) is 0 Å². The first-order chi connectivity index (χ1) is 12.1. The molecule has 0 unspecified atom stereocenters. The fourth-order valence-corrected chi connectivity index (χ4v) is 4.24. The third-order valence-electron chi connectivity index (χ3n) is 5.37. The fourth-order valence-electron chi connectivity index (χ4n) is 4.05. The van der Waals surface area contributed by atoms with Gasteiger partial charge in [-0.3, -0.25) is 14.7 Å². The molecule has 4 nitrogen and oxygen atoms in total. The third-order valence-corrected chi connectivity index (χ3v) is 5.61. The average molecular weight is 356 g/mol. The zero-order valence-electron chi connectivity index (χ0n) is 14.4. The maximum absolute atomic E-state index is 11.7. The maximum Gasteiger partial charge on any atom is 0.219 e. The van der Waals surface area contributed by atoms with E-state index in [0.717, 1.165) is 49.7 Å². The highest BCUT2D eigenvalue weighted by molar-refractivity contribution is 6.30. The average Bonchev–Trinajstić information content (AvgIpc) is 2.78. The molecule has 1 aromatic carbocycles. The summed E-state index contributed by atoms with van der Waals surface area (Å²) in [5, 5.41) is 0.790. The predicted molar refractivity (Wildman–Crippen MR) is 98.8 cm³/mol. The second kappa shape index (κ2) is 6.77. The molecule has 1 aliphatic carbocycles. The topological polar surface area (TPSA) is 36.4 Å². The molecule has 1 saturated heterocycles. The van der Waals surface area contributed by atoms with Crippen LogP contribution in [-0.4, -0.2) is 46.9 Å². The second-order valence-corrected chi connectivity index (χ2v) is 7.27. The maximum atomic E-state index is 11.7. The Morgan fingerprint density at radius 1 is 1.12 bits per heavy atom. The number of fused-ring (bicyclic) bond motifs is 2. The quantitative estimate of drug-likeness (QED) is 0.788. The molecule has 2 aliphatic rings. The van der Waals surface area contributed by atoms with Gasteiger partial charge in [0.15, 0.2) is 0 Å². The van der Waals surface area contributed by atoms with Crippen molar-refractivity contribution >= 4 is 17.5 Å². The first-order valence-corrected chi connectivity index (χ1v) is 9.23. The van der Waals surface area contributed by atoms with Crippen LogP contribution >= 0.6 is 11.6 Å². The molecule has 130 valence electrons. The number of carbonyl (C=O) groups excluding carboxylic acids is 1. The number of carbonyl (C=O) groups is 1. The van der Waals surface area contributed by atoms with Gasteiger partial charge in [-0.15, -0.1) is 0 Å². The molecule has 2 aromatic rings. The van der Waals surface area contributed by atoms with Crippen molar-refractivity contribution in [3.63, 3.8) is 0 Å². The van der Waals surface area contributed by atoms with Crippen LogP contribution in [0.25, 0.3) is 0 Å². The number of amides is 1. The Hall–Kier alpha value is -1.91. The third kappa shape index (κ3) is 3.16. The van der Waals surface area contributed by atoms with Crippen molar-refractivity contribution in [3.05, 3.63) is 63.9 Å². The van der Waals surface area contributed by atoms with Crippen LogP contribution in [0.5, 0.6) is 0 Å². The number of aryl methyl sites for hydroxylation is 2. The summed E-state index contributed by atoms with van der Waals surface area (Å²) in [6.45, 7) is 4.92. The van der Waals surface area contributed by atoms with E-state index in [1.165, 1.54) is 16.7 Å². The zero-order chi connectivity index (χ0) is 17.4. The molecule has 1 aromatic heterocycles. The van der Waals surface area contributed by atoms with E-state index in [-0.39, 0.29) is 11.9 Å². The van der Waals surface area contributed by atoms with Crippen LogP contribution in [0, 0.1) is 0 Å². The molecule has 0 spiro atoms. The van der Waals surface area contributed by atoms with Crippen molar-refractivity contribution < 1.29 is 4.79 Å². The molecule has 0 bridgehead atoms. The summed E-state index contributed by atoms with van der Waals surface area (Å²) in [5.41, 5.74) is 5.08. The molecule has 1 fully saturated rings. The minimum absolute atomic E-state index is 0.139. The molecule has 2 heterocycles. The predicted octanol–water partition coefficient (Wildman–Crippen LogP) is 3.09. The van der Waals surface area contributed by atoms with Crippen LogP contribution in [0.3, 0.4) is 0 Å². The normalized spacial score (nSPS) is 20.6. The summed E-state index contributed by atoms with van der Waals surface area (Å²) in [6, 6.07) is 10.6. The standard InChI is InChI=1S/C20H22ClN3O/c1-14(25)23-9-11-24(12-10-23)20-18-7-6-17(21)13-16(18)5-4-15-3-2-8-22-19(15)20/h2-3,6-8,13,20H,4-5,9-12H2,1H3/t20-/m1/s1. The van der Waals surface area contributed by atoms with Gasteiger partial charge in [0.05, 0.1) is 11.7 Å². The lowest BCUT2D eigenvalue weighted by Crippen LogP contribution is -2.49. The number of piperazine rings is 1. The van der Waals surface area contributed by atoms with Crippen molar-refractivity contribution in [1.82, 2.24) is 14.8 Å². The van der Waals surface area contributed by atoms with Gasteiger partial charge in [-0.1, -0.05) is 23.7 Å². The highest BCUT2D eigenvalue weighted by Crippen LogP contribution is 2.37. The molecule has 1 aliphatic heterocycles. The van der Waals surface area contributed by atoms with Crippen molar-refractivity contribution in [2.45, 2.75) is 25.8 Å². The Balaban J connectivity index is 1.74. The van der Waals surface area contributed by atoms with Crippen LogP contribution in [0.1, 0.15) is 35.3 Å². The van der Waals surface area contributed by atoms with Crippen molar-refractivity contribution in [3.8, 4) is 0 Å². The van der Waals surface area contributed by atoms with E-state index in [4.69, 9.17) is 16.6 Å². The van der Waals surface area contributed by atoms with E-state index in [1.54, 1.807) is 6.92 Å². The van der Waals surface area contributed by atoms with Gasteiger partial charge in [0.25, 0.3) is 0 Å². The summed E-state index contributed by atoms with van der Waals surface area (Å²) in [4.78, 5) is 20.8. The van der Waals surface area contributed by atoms with E-state index in [2.05, 4.69) is 23.1 Å². The first-order valence-electron chi connectivity index (χ1n) is 8.85. The Morgan fingerprint density at radius 2 is 1.88 bits per heavy atom. The largest absolute Gasteiger partial charge is 0.340 e. The number of hydrogen-bond acceptors (Lipinski definition) is 3. The van der Waals surface area contributed by atoms with Crippen LogP contribution in [0.2, 0.25) is 5.02 Å². The van der Waals surface area contributed by atoms with Gasteiger partial charge in [0.1, 0.15) is 0 Å². The number of benzene rings is 1. The minimum Gasteiger partial charge on any atom is -0.340 e. The van der Waals surface area contributed by atoms with Gasteiger partial charge in [0.2, 0.25) is 5.91 Å². The molecule has 1 amide bonds. The van der Waals surface area contributed by atoms with E-state index in [1.807, 2.05) is 23.2 Å². The molecule has 25 heavy (non-hydrogen) atoms. The Morgan fingerprint density at radius 3 is 2.64 bits per heavy atom. The highest BCUT2D eigenvalue weighted by atomic mass is 35.5. The summed E-state index contributed by atoms with van der Waals surface area (Å²) < 4.78 is 0. The molecular formula is C20H22ClN3O. The van der Waals surface area contributed by atoms with Crippen LogP contribution < -0.4 is 0 Å². The number of halogens is 1. The molecule has 0 saturated carbocycles.